The molecule has 3 rings (SSSR count). The SMILES string of the molecule is CNC(=O)C(C)N(Cc1ccc(OC)cc1)C(=O)CN(c1ccc(F)cc1)S(=O)(=O)c1ccc(OC)c(OC)c1. The largest absolute Gasteiger partial charge is 0.497 e. The summed E-state index contributed by atoms with van der Waals surface area (Å²) in [6, 6.07) is 14.7. The lowest BCUT2D eigenvalue weighted by Gasteiger charge is -2.31. The van der Waals surface area contributed by atoms with Gasteiger partial charge in [0.2, 0.25) is 11.8 Å². The zero-order chi connectivity index (χ0) is 29.4. The topological polar surface area (TPSA) is 114 Å². The first-order chi connectivity index (χ1) is 19.0. The molecular weight excluding hydrogens is 541 g/mol. The van der Waals surface area contributed by atoms with Gasteiger partial charge < -0.3 is 24.4 Å². The number of likely N-dealkylation sites (N-methyl/N-ethyl adjacent to an activating group) is 1. The van der Waals surface area contributed by atoms with Crippen LogP contribution in [0.25, 0.3) is 0 Å². The van der Waals surface area contributed by atoms with E-state index in [9.17, 15) is 22.4 Å². The van der Waals surface area contributed by atoms with E-state index in [1.165, 1.54) is 63.6 Å². The van der Waals surface area contributed by atoms with Crippen molar-refractivity contribution in [3.05, 3.63) is 78.1 Å². The number of nitrogens with one attached hydrogen (secondary N) is 1. The summed E-state index contributed by atoms with van der Waals surface area (Å²) in [6.45, 7) is 0.899. The third-order valence-corrected chi connectivity index (χ3v) is 8.03. The first kappa shape index (κ1) is 30.2. The minimum Gasteiger partial charge on any atom is -0.497 e. The number of anilines is 1. The highest BCUT2D eigenvalue weighted by Gasteiger charge is 2.33. The highest BCUT2D eigenvalue weighted by molar-refractivity contribution is 7.92. The summed E-state index contributed by atoms with van der Waals surface area (Å²) in [6.07, 6.45) is 0. The van der Waals surface area contributed by atoms with E-state index in [-0.39, 0.29) is 22.9 Å². The van der Waals surface area contributed by atoms with Crippen molar-refractivity contribution in [3.63, 3.8) is 0 Å². The number of benzene rings is 3. The molecule has 3 aromatic carbocycles. The van der Waals surface area contributed by atoms with Crippen LogP contribution in [-0.2, 0) is 26.2 Å². The van der Waals surface area contributed by atoms with Crippen LogP contribution in [0.15, 0.2) is 71.6 Å². The van der Waals surface area contributed by atoms with Crippen LogP contribution in [0, 0.1) is 5.82 Å². The molecule has 2 amide bonds. The standard InChI is InChI=1S/C28H32FN3O7S/c1-19(28(34)30-2)31(17-20-6-12-23(37-3)13-7-20)27(33)18-32(22-10-8-21(29)9-11-22)40(35,36)24-14-15-25(38-4)26(16-24)39-5/h6-16,19H,17-18H2,1-5H3,(H,30,34). The van der Waals surface area contributed by atoms with Gasteiger partial charge in [0.15, 0.2) is 11.5 Å². The van der Waals surface area contributed by atoms with Crippen LogP contribution < -0.4 is 23.8 Å². The molecule has 0 radical (unpaired) electrons. The molecule has 10 nitrogen and oxygen atoms in total. The number of rotatable bonds is 12. The van der Waals surface area contributed by atoms with Gasteiger partial charge in [-0.2, -0.15) is 0 Å². The van der Waals surface area contributed by atoms with Crippen LogP contribution in [0.4, 0.5) is 10.1 Å². The van der Waals surface area contributed by atoms with E-state index >= 15 is 0 Å². The number of nitrogens with zero attached hydrogens (tertiary/aromatic N) is 2. The maximum Gasteiger partial charge on any atom is 0.264 e. The zero-order valence-electron chi connectivity index (χ0n) is 22.9. The highest BCUT2D eigenvalue weighted by Crippen LogP contribution is 2.32. The molecule has 12 heteroatoms. The van der Waals surface area contributed by atoms with Gasteiger partial charge in [0.25, 0.3) is 10.0 Å². The molecule has 1 atom stereocenters. The number of amides is 2. The van der Waals surface area contributed by atoms with Crippen molar-refractivity contribution in [2.45, 2.75) is 24.4 Å². The Balaban J connectivity index is 2.05. The van der Waals surface area contributed by atoms with Gasteiger partial charge in [-0.3, -0.25) is 13.9 Å². The molecule has 1 N–H and O–H groups in total. The van der Waals surface area contributed by atoms with Crippen molar-refractivity contribution in [1.82, 2.24) is 10.2 Å². The molecule has 0 saturated carbocycles. The second-order valence-corrected chi connectivity index (χ2v) is 10.5. The molecule has 0 spiro atoms. The van der Waals surface area contributed by atoms with Gasteiger partial charge in [-0.15, -0.1) is 0 Å². The van der Waals surface area contributed by atoms with Crippen LogP contribution >= 0.6 is 0 Å². The average molecular weight is 574 g/mol. The van der Waals surface area contributed by atoms with Gasteiger partial charge >= 0.3 is 0 Å². The van der Waals surface area contributed by atoms with Crippen molar-refractivity contribution in [2.24, 2.45) is 0 Å². The second kappa shape index (κ2) is 13.2. The van der Waals surface area contributed by atoms with Crippen molar-refractivity contribution in [3.8, 4) is 17.2 Å². The third-order valence-electron chi connectivity index (χ3n) is 6.26. The Bertz CT molecular complexity index is 1430. The maximum absolute atomic E-state index is 13.9. The fourth-order valence-electron chi connectivity index (χ4n) is 3.96. The number of methoxy groups -OCH3 is 3. The molecule has 3 aromatic rings. The number of hydrogen-bond donors (Lipinski definition) is 1. The summed E-state index contributed by atoms with van der Waals surface area (Å²) in [4.78, 5) is 27.4. The normalized spacial score (nSPS) is 11.8. The van der Waals surface area contributed by atoms with Crippen LogP contribution in [0.5, 0.6) is 17.2 Å². The molecule has 214 valence electrons. The van der Waals surface area contributed by atoms with E-state index in [4.69, 9.17) is 14.2 Å². The molecule has 0 aliphatic heterocycles. The van der Waals surface area contributed by atoms with Gasteiger partial charge in [-0.25, -0.2) is 12.8 Å². The predicted molar refractivity (Wildman–Crippen MR) is 148 cm³/mol. The smallest absolute Gasteiger partial charge is 0.264 e. The molecule has 0 aromatic heterocycles. The maximum atomic E-state index is 13.9. The minimum atomic E-state index is -4.38. The molecule has 0 fully saturated rings. The van der Waals surface area contributed by atoms with Gasteiger partial charge in [0, 0.05) is 19.7 Å². The monoisotopic (exact) mass is 573 g/mol. The fraction of sp³-hybridized carbons (Fsp3) is 0.286. The summed E-state index contributed by atoms with van der Waals surface area (Å²) >= 11 is 0. The lowest BCUT2D eigenvalue weighted by molar-refractivity contribution is -0.139. The Hall–Kier alpha value is -4.32. The Morgan fingerprint density at radius 2 is 1.52 bits per heavy atom. The summed E-state index contributed by atoms with van der Waals surface area (Å²) in [5.41, 5.74) is 0.752. The van der Waals surface area contributed by atoms with Gasteiger partial charge in [0.1, 0.15) is 24.2 Å². The van der Waals surface area contributed by atoms with E-state index in [0.717, 1.165) is 16.4 Å². The number of hydrogen-bond acceptors (Lipinski definition) is 7. The Kier molecular flexibility index (Phi) is 9.94. The van der Waals surface area contributed by atoms with Gasteiger partial charge in [-0.05, 0) is 61.0 Å². The number of carbonyl (C=O) groups is 2. The number of carbonyl (C=O) groups excluding carboxylic acids is 2. The number of sulfonamides is 1. The van der Waals surface area contributed by atoms with Crippen LogP contribution in [0.1, 0.15) is 12.5 Å². The predicted octanol–water partition coefficient (Wildman–Crippen LogP) is 3.21. The third kappa shape index (κ3) is 6.81. The first-order valence-corrected chi connectivity index (χ1v) is 13.6. The Morgan fingerprint density at radius 3 is 2.08 bits per heavy atom. The zero-order valence-corrected chi connectivity index (χ0v) is 23.7. The lowest BCUT2D eigenvalue weighted by Crippen LogP contribution is -2.50. The number of halogens is 1. The Labute approximate surface area is 233 Å². The van der Waals surface area contributed by atoms with E-state index in [1.807, 2.05) is 0 Å². The highest BCUT2D eigenvalue weighted by atomic mass is 32.2. The quantitative estimate of drug-likeness (QED) is 0.354. The van der Waals surface area contributed by atoms with Crippen molar-refractivity contribution in [2.75, 3.05) is 39.2 Å². The van der Waals surface area contributed by atoms with E-state index in [2.05, 4.69) is 5.32 Å². The Morgan fingerprint density at radius 1 is 0.900 bits per heavy atom. The minimum absolute atomic E-state index is 0.0189. The van der Waals surface area contributed by atoms with Crippen LogP contribution in [0.3, 0.4) is 0 Å². The summed E-state index contributed by atoms with van der Waals surface area (Å²) < 4.78 is 58.1. The summed E-state index contributed by atoms with van der Waals surface area (Å²) in [7, 11) is 1.38. The van der Waals surface area contributed by atoms with Crippen molar-refractivity contribution < 1.29 is 36.6 Å². The number of ether oxygens (including phenoxy) is 3. The molecule has 0 saturated heterocycles. The molecule has 40 heavy (non-hydrogen) atoms. The molecule has 0 bridgehead atoms. The van der Waals surface area contributed by atoms with Gasteiger partial charge in [0.05, 0.1) is 31.9 Å². The van der Waals surface area contributed by atoms with Gasteiger partial charge in [-0.1, -0.05) is 12.1 Å². The van der Waals surface area contributed by atoms with E-state index in [0.29, 0.717) is 17.1 Å². The first-order valence-electron chi connectivity index (χ1n) is 12.2. The summed E-state index contributed by atoms with van der Waals surface area (Å²) in [5.74, 6) is -0.560. The lowest BCUT2D eigenvalue weighted by atomic mass is 10.1. The average Bonchev–Trinajstić information content (AvgIpc) is 2.98. The second-order valence-electron chi connectivity index (χ2n) is 8.66. The van der Waals surface area contributed by atoms with Crippen LogP contribution in [0.2, 0.25) is 0 Å². The van der Waals surface area contributed by atoms with Crippen molar-refractivity contribution >= 4 is 27.5 Å². The molecular formula is C28H32FN3O7S. The van der Waals surface area contributed by atoms with Crippen molar-refractivity contribution in [1.29, 1.82) is 0 Å². The molecule has 0 aliphatic carbocycles. The molecule has 0 heterocycles. The van der Waals surface area contributed by atoms with E-state index < -0.39 is 40.2 Å². The molecule has 0 aliphatic rings. The molecule has 1 unspecified atom stereocenters. The van der Waals surface area contributed by atoms with Crippen LogP contribution in [-0.4, -0.2) is 66.1 Å². The summed E-state index contributed by atoms with van der Waals surface area (Å²) in [5, 5.41) is 2.52. The fourth-order valence-corrected chi connectivity index (χ4v) is 5.39. The van der Waals surface area contributed by atoms with E-state index in [1.54, 1.807) is 31.2 Å².